The molecule has 4 aromatic carbocycles. The molecule has 8 rings (SSSR count). The maximum atomic E-state index is 14.9. The Kier molecular flexibility index (Phi) is 8.57. The van der Waals surface area contributed by atoms with Crippen molar-refractivity contribution in [3.63, 3.8) is 0 Å². The highest BCUT2D eigenvalue weighted by Gasteiger charge is 2.66. The number of anilines is 3. The molecule has 4 aromatic rings. The van der Waals surface area contributed by atoms with Gasteiger partial charge in [0, 0.05) is 29.3 Å². The van der Waals surface area contributed by atoms with Crippen LogP contribution in [0.15, 0.2) is 97.1 Å². The molecule has 0 radical (unpaired) electrons. The van der Waals surface area contributed by atoms with E-state index < -0.39 is 31.5 Å². The summed E-state index contributed by atoms with van der Waals surface area (Å²) in [6, 6.07) is 30.3. The lowest BCUT2D eigenvalue weighted by molar-refractivity contribution is -0.151. The third-order valence-corrected chi connectivity index (χ3v) is 13.9. The van der Waals surface area contributed by atoms with Crippen LogP contribution in [0.2, 0.25) is 18.6 Å². The van der Waals surface area contributed by atoms with Crippen molar-refractivity contribution in [1.29, 1.82) is 0 Å². The molecule has 11 heteroatoms. The summed E-state index contributed by atoms with van der Waals surface area (Å²) in [5, 5.41) is 10.3. The second-order valence-electron chi connectivity index (χ2n) is 15.0. The maximum absolute atomic E-state index is 14.9. The van der Waals surface area contributed by atoms with E-state index >= 15 is 0 Å². The third-order valence-electron chi connectivity index (χ3n) is 11.4. The van der Waals surface area contributed by atoms with Crippen molar-refractivity contribution in [2.45, 2.75) is 69.2 Å². The largest absolute Gasteiger partial charge is 0.482 e. The van der Waals surface area contributed by atoms with Gasteiger partial charge in [0.25, 0.3) is 11.8 Å². The summed E-state index contributed by atoms with van der Waals surface area (Å²) in [6.07, 6.45) is -0.144. The van der Waals surface area contributed by atoms with Crippen molar-refractivity contribution in [3.8, 4) is 5.75 Å². The zero-order valence-corrected chi connectivity index (χ0v) is 30.6. The molecule has 5 atom stereocenters. The van der Waals surface area contributed by atoms with Gasteiger partial charge < -0.3 is 29.2 Å². The first-order valence-corrected chi connectivity index (χ1v) is 21.0. The van der Waals surface area contributed by atoms with E-state index in [0.29, 0.717) is 30.1 Å². The summed E-state index contributed by atoms with van der Waals surface area (Å²) >= 11 is 0. The molecule has 4 heterocycles. The van der Waals surface area contributed by atoms with Crippen molar-refractivity contribution < 1.29 is 33.8 Å². The van der Waals surface area contributed by atoms with E-state index in [-0.39, 0.29) is 49.9 Å². The lowest BCUT2D eigenvalue weighted by Crippen LogP contribution is -2.48. The fraction of sp³-hybridized carbons (Fsp3) is 0.341. The number of nitrogens with zero attached hydrogens (tertiary/aromatic N) is 3. The van der Waals surface area contributed by atoms with Crippen molar-refractivity contribution >= 4 is 43.1 Å². The van der Waals surface area contributed by atoms with Gasteiger partial charge >= 0.3 is 0 Å². The quantitative estimate of drug-likeness (QED) is 0.245. The monoisotopic (exact) mass is 717 g/mol. The van der Waals surface area contributed by atoms with Crippen LogP contribution in [0.3, 0.4) is 0 Å². The van der Waals surface area contributed by atoms with Crippen molar-refractivity contribution in [3.05, 3.63) is 119 Å². The van der Waals surface area contributed by atoms with Crippen LogP contribution in [0.5, 0.6) is 5.75 Å². The number of rotatable bonds is 7. The number of benzene rings is 4. The molecule has 1 fully saturated rings. The number of aliphatic hydroxyl groups excluding tert-OH is 1. The van der Waals surface area contributed by atoms with Crippen LogP contribution in [0.1, 0.15) is 35.6 Å². The Balaban J connectivity index is 1.08. The van der Waals surface area contributed by atoms with E-state index in [2.05, 4.69) is 0 Å². The highest BCUT2D eigenvalue weighted by molar-refractivity contribution is 6.71. The lowest BCUT2D eigenvalue weighted by atomic mass is 9.82. The van der Waals surface area contributed by atoms with Crippen LogP contribution in [-0.4, -0.2) is 66.2 Å². The lowest BCUT2D eigenvalue weighted by Gasteiger charge is -2.37. The summed E-state index contributed by atoms with van der Waals surface area (Å²) in [5.41, 5.74) is 4.10. The van der Waals surface area contributed by atoms with Crippen molar-refractivity contribution in [2.24, 2.45) is 5.92 Å². The molecule has 1 spiro atoms. The number of ether oxygens (including phenoxy) is 2. The van der Waals surface area contributed by atoms with Gasteiger partial charge in [-0.1, -0.05) is 73.7 Å². The molecule has 2 N–H and O–H groups in total. The second kappa shape index (κ2) is 13.0. The molecule has 0 aliphatic carbocycles. The first-order chi connectivity index (χ1) is 25.0. The van der Waals surface area contributed by atoms with E-state index in [1.165, 1.54) is 0 Å². The number of amides is 3. The van der Waals surface area contributed by atoms with Gasteiger partial charge in [0.2, 0.25) is 5.91 Å². The van der Waals surface area contributed by atoms with Gasteiger partial charge in [0.1, 0.15) is 5.75 Å². The molecule has 3 amide bonds. The first-order valence-electron chi connectivity index (χ1n) is 17.9. The number of fused-ring (bicyclic) bond motifs is 4. The number of para-hydroxylation sites is 3. The minimum atomic E-state index is -3.00. The molecule has 0 saturated carbocycles. The van der Waals surface area contributed by atoms with Crippen LogP contribution < -0.4 is 14.5 Å². The standard InChI is InChI=1S/C41H43N3O7Si/c1-26-39(52(2,3)49)36(21-37(46)42-23-29-11-5-4-10-28(29)20-31(42)24-45)51-41(26)32-12-6-7-13-33(32)43(40(41)48)22-27-16-18-30(19-17-27)44-34-14-8-9-15-35(34)50-25-38(44)47/h4-19,26,31,36,39,45,49H,20-25H2,1-3H3/t26-,31+,36+,39-,41+/m1/s1. The van der Waals surface area contributed by atoms with Crippen LogP contribution in [0, 0.1) is 5.92 Å². The van der Waals surface area contributed by atoms with Crippen molar-refractivity contribution in [1.82, 2.24) is 4.90 Å². The predicted molar refractivity (Wildman–Crippen MR) is 199 cm³/mol. The molecule has 1 saturated heterocycles. The van der Waals surface area contributed by atoms with Crippen LogP contribution >= 0.6 is 0 Å². The third kappa shape index (κ3) is 5.54. The van der Waals surface area contributed by atoms with E-state index in [1.54, 1.807) is 14.7 Å². The molecule has 4 aliphatic heterocycles. The highest BCUT2D eigenvalue weighted by atomic mass is 28.4. The van der Waals surface area contributed by atoms with E-state index in [4.69, 9.17) is 9.47 Å². The van der Waals surface area contributed by atoms with Gasteiger partial charge in [0.15, 0.2) is 20.5 Å². The fourth-order valence-corrected chi connectivity index (χ4v) is 11.6. The van der Waals surface area contributed by atoms with Gasteiger partial charge in [0.05, 0.1) is 43.1 Å². The second-order valence-corrected chi connectivity index (χ2v) is 18.9. The molecular formula is C41H43N3O7Si. The molecule has 4 aliphatic rings. The van der Waals surface area contributed by atoms with Crippen LogP contribution in [0.4, 0.5) is 17.1 Å². The number of carbonyl (C=O) groups excluding carboxylic acids is 3. The molecule has 268 valence electrons. The average Bonchev–Trinajstić information content (AvgIpc) is 3.57. The van der Waals surface area contributed by atoms with E-state index in [1.807, 2.05) is 117 Å². The topological polar surface area (TPSA) is 120 Å². The summed E-state index contributed by atoms with van der Waals surface area (Å²) in [6.45, 7) is 6.12. The summed E-state index contributed by atoms with van der Waals surface area (Å²) in [7, 11) is -3.00. The molecule has 52 heavy (non-hydrogen) atoms. The van der Waals surface area contributed by atoms with E-state index in [0.717, 1.165) is 27.9 Å². The van der Waals surface area contributed by atoms with Crippen LogP contribution in [0.25, 0.3) is 0 Å². The summed E-state index contributed by atoms with van der Waals surface area (Å²) < 4.78 is 12.5. The number of carbonyl (C=O) groups is 3. The highest BCUT2D eigenvalue weighted by Crippen LogP contribution is 2.60. The van der Waals surface area contributed by atoms with Gasteiger partial charge in [-0.15, -0.1) is 0 Å². The summed E-state index contributed by atoms with van der Waals surface area (Å²) in [4.78, 5) is 58.8. The van der Waals surface area contributed by atoms with Gasteiger partial charge in [-0.05, 0) is 66.5 Å². The fourth-order valence-electron chi connectivity index (χ4n) is 9.04. The minimum Gasteiger partial charge on any atom is -0.482 e. The minimum absolute atomic E-state index is 0.00723. The zero-order chi connectivity index (χ0) is 36.4. The Hall–Kier alpha value is -4.81. The Bertz CT molecular complexity index is 2050. The molecule has 0 aromatic heterocycles. The maximum Gasteiger partial charge on any atom is 0.269 e. The van der Waals surface area contributed by atoms with Gasteiger partial charge in [-0.3, -0.25) is 19.3 Å². The first kappa shape index (κ1) is 34.3. The zero-order valence-electron chi connectivity index (χ0n) is 29.6. The predicted octanol–water partition coefficient (Wildman–Crippen LogP) is 5.42. The Morgan fingerprint density at radius 2 is 1.58 bits per heavy atom. The van der Waals surface area contributed by atoms with Crippen LogP contribution in [-0.2, 0) is 44.2 Å². The van der Waals surface area contributed by atoms with Gasteiger partial charge in [-0.2, -0.15) is 0 Å². The Morgan fingerprint density at radius 3 is 2.31 bits per heavy atom. The normalized spacial score (nSPS) is 25.2. The summed E-state index contributed by atoms with van der Waals surface area (Å²) in [5.74, 6) is -0.326. The molecule has 0 unspecified atom stereocenters. The smallest absolute Gasteiger partial charge is 0.269 e. The molecule has 0 bridgehead atoms. The van der Waals surface area contributed by atoms with E-state index in [9.17, 15) is 24.3 Å². The molecule has 10 nitrogen and oxygen atoms in total. The molecular weight excluding hydrogens is 675 g/mol. The number of hydrogen-bond donors (Lipinski definition) is 2. The SMILES string of the molecule is C[C@@H]1[C@@H]([Si](C)(C)O)[C@H](CC(=O)N2Cc3ccccc3C[C@H]2CO)O[C@@]12C(=O)N(Cc1ccc(N3C(=O)COc4ccccc43)cc1)c1ccccc12. The average molecular weight is 718 g/mol. The number of hydrogen-bond acceptors (Lipinski definition) is 7. The van der Waals surface area contributed by atoms with Gasteiger partial charge in [-0.25, -0.2) is 0 Å². The number of aliphatic hydroxyl groups is 1. The Morgan fingerprint density at radius 1 is 0.904 bits per heavy atom. The Labute approximate surface area is 304 Å². The van der Waals surface area contributed by atoms with Crippen molar-refractivity contribution in [2.75, 3.05) is 23.0 Å².